The average molecular weight is 466 g/mol. The highest BCUT2D eigenvalue weighted by Crippen LogP contribution is 2.20. The lowest BCUT2D eigenvalue weighted by atomic mass is 10.1. The molecule has 1 aromatic heterocycles. The molecule has 176 valence electrons. The van der Waals surface area contributed by atoms with E-state index >= 15 is 0 Å². The molecule has 1 aliphatic heterocycles. The molecule has 1 fully saturated rings. The SMILES string of the molecule is Cc1ccc(C)c(NC(=O)Nc2ccc(N3CCN(C(=O)c4ccc(F)cc4F)CC3)nc2)c1. The number of urea groups is 1. The van der Waals surface area contributed by atoms with E-state index in [9.17, 15) is 18.4 Å². The fourth-order valence-corrected chi connectivity index (χ4v) is 3.77. The van der Waals surface area contributed by atoms with Crippen LogP contribution < -0.4 is 15.5 Å². The van der Waals surface area contributed by atoms with E-state index in [-0.39, 0.29) is 11.6 Å². The highest BCUT2D eigenvalue weighted by molar-refractivity contribution is 6.00. The summed E-state index contributed by atoms with van der Waals surface area (Å²) in [5.41, 5.74) is 3.18. The fourth-order valence-electron chi connectivity index (χ4n) is 3.77. The number of piperazine rings is 1. The minimum atomic E-state index is -0.862. The first kappa shape index (κ1) is 23.2. The van der Waals surface area contributed by atoms with Crippen LogP contribution in [0.1, 0.15) is 21.5 Å². The van der Waals surface area contributed by atoms with Crippen LogP contribution in [0.2, 0.25) is 0 Å². The molecule has 9 heteroatoms. The molecule has 0 atom stereocenters. The molecule has 34 heavy (non-hydrogen) atoms. The number of carbonyl (C=O) groups is 2. The maximum absolute atomic E-state index is 13.9. The number of amides is 3. The molecule has 0 radical (unpaired) electrons. The minimum Gasteiger partial charge on any atom is -0.353 e. The van der Waals surface area contributed by atoms with E-state index in [2.05, 4.69) is 15.6 Å². The van der Waals surface area contributed by atoms with Crippen LogP contribution in [0.5, 0.6) is 0 Å². The predicted octanol–water partition coefficient (Wildman–Crippen LogP) is 4.58. The number of benzene rings is 2. The summed E-state index contributed by atoms with van der Waals surface area (Å²) >= 11 is 0. The van der Waals surface area contributed by atoms with Gasteiger partial charge in [-0.1, -0.05) is 12.1 Å². The summed E-state index contributed by atoms with van der Waals surface area (Å²) in [4.78, 5) is 32.9. The van der Waals surface area contributed by atoms with Gasteiger partial charge in [-0.3, -0.25) is 4.79 Å². The Balaban J connectivity index is 1.32. The van der Waals surface area contributed by atoms with Crippen LogP contribution in [-0.2, 0) is 0 Å². The van der Waals surface area contributed by atoms with Crippen molar-refractivity contribution in [2.24, 2.45) is 0 Å². The number of nitrogens with one attached hydrogen (secondary N) is 2. The Morgan fingerprint density at radius 1 is 0.912 bits per heavy atom. The Bertz CT molecular complexity index is 1210. The number of hydrogen-bond acceptors (Lipinski definition) is 4. The first-order chi connectivity index (χ1) is 16.3. The zero-order valence-electron chi connectivity index (χ0n) is 18.9. The van der Waals surface area contributed by atoms with Crippen LogP contribution in [0.4, 0.5) is 30.8 Å². The molecule has 7 nitrogen and oxygen atoms in total. The van der Waals surface area contributed by atoms with Crippen molar-refractivity contribution in [3.05, 3.63) is 83.1 Å². The zero-order chi connectivity index (χ0) is 24.2. The van der Waals surface area contributed by atoms with Gasteiger partial charge in [0.1, 0.15) is 17.5 Å². The van der Waals surface area contributed by atoms with Gasteiger partial charge in [0, 0.05) is 37.9 Å². The molecule has 1 saturated heterocycles. The number of hydrogen-bond donors (Lipinski definition) is 2. The number of pyridine rings is 1. The van der Waals surface area contributed by atoms with Gasteiger partial charge in [-0.15, -0.1) is 0 Å². The zero-order valence-corrected chi connectivity index (χ0v) is 18.9. The Hall–Kier alpha value is -4.01. The number of aryl methyl sites for hydroxylation is 2. The molecule has 0 unspecified atom stereocenters. The Morgan fingerprint density at radius 2 is 1.68 bits per heavy atom. The Kier molecular flexibility index (Phi) is 6.72. The van der Waals surface area contributed by atoms with Crippen LogP contribution in [0.3, 0.4) is 0 Å². The van der Waals surface area contributed by atoms with E-state index in [0.29, 0.717) is 43.8 Å². The Morgan fingerprint density at radius 3 is 2.35 bits per heavy atom. The summed E-state index contributed by atoms with van der Waals surface area (Å²) in [7, 11) is 0. The second kappa shape index (κ2) is 9.86. The van der Waals surface area contributed by atoms with Gasteiger partial charge in [-0.2, -0.15) is 0 Å². The molecule has 3 aromatic rings. The topological polar surface area (TPSA) is 77.6 Å². The van der Waals surface area contributed by atoms with Gasteiger partial charge >= 0.3 is 6.03 Å². The van der Waals surface area contributed by atoms with Crippen molar-refractivity contribution in [2.75, 3.05) is 41.7 Å². The van der Waals surface area contributed by atoms with Crippen LogP contribution in [0, 0.1) is 25.5 Å². The summed E-state index contributed by atoms with van der Waals surface area (Å²) in [5.74, 6) is -1.33. The van der Waals surface area contributed by atoms with Crippen LogP contribution >= 0.6 is 0 Å². The smallest absolute Gasteiger partial charge is 0.323 e. The van der Waals surface area contributed by atoms with Crippen molar-refractivity contribution in [1.82, 2.24) is 9.88 Å². The normalized spacial score (nSPS) is 13.5. The highest BCUT2D eigenvalue weighted by atomic mass is 19.1. The number of aromatic nitrogens is 1. The molecule has 0 saturated carbocycles. The number of rotatable bonds is 4. The van der Waals surface area contributed by atoms with Gasteiger partial charge < -0.3 is 20.4 Å². The highest BCUT2D eigenvalue weighted by Gasteiger charge is 2.25. The average Bonchev–Trinajstić information content (AvgIpc) is 2.82. The summed E-state index contributed by atoms with van der Waals surface area (Å²) in [6, 6.07) is 12.0. The third kappa shape index (κ3) is 5.31. The van der Waals surface area contributed by atoms with Gasteiger partial charge in [-0.05, 0) is 55.3 Å². The molecular weight excluding hydrogens is 440 g/mol. The van der Waals surface area contributed by atoms with Gasteiger partial charge in [0.15, 0.2) is 0 Å². The van der Waals surface area contributed by atoms with Crippen LogP contribution in [0.15, 0.2) is 54.7 Å². The molecule has 1 aliphatic rings. The number of nitrogens with zero attached hydrogens (tertiary/aromatic N) is 3. The molecule has 3 amide bonds. The van der Waals surface area contributed by atoms with Crippen LogP contribution in [0.25, 0.3) is 0 Å². The molecular formula is C25H25F2N5O2. The number of halogens is 2. The molecule has 2 aromatic carbocycles. The summed E-state index contributed by atoms with van der Waals surface area (Å²) in [5, 5.41) is 5.61. The predicted molar refractivity (Wildman–Crippen MR) is 127 cm³/mol. The third-order valence-electron chi connectivity index (χ3n) is 5.70. The van der Waals surface area contributed by atoms with Crippen molar-refractivity contribution in [3.8, 4) is 0 Å². The lowest BCUT2D eigenvalue weighted by Crippen LogP contribution is -2.49. The van der Waals surface area contributed by atoms with E-state index < -0.39 is 17.5 Å². The second-order valence-electron chi connectivity index (χ2n) is 8.21. The lowest BCUT2D eigenvalue weighted by Gasteiger charge is -2.35. The molecule has 2 heterocycles. The quantitative estimate of drug-likeness (QED) is 0.591. The largest absolute Gasteiger partial charge is 0.353 e. The van der Waals surface area contributed by atoms with Gasteiger partial charge in [0.2, 0.25) is 0 Å². The van der Waals surface area contributed by atoms with E-state index in [4.69, 9.17) is 0 Å². The summed E-state index contributed by atoms with van der Waals surface area (Å²) < 4.78 is 27.1. The molecule has 4 rings (SSSR count). The van der Waals surface area contributed by atoms with Crippen molar-refractivity contribution in [1.29, 1.82) is 0 Å². The first-order valence-corrected chi connectivity index (χ1v) is 10.9. The molecule has 0 bridgehead atoms. The maximum Gasteiger partial charge on any atom is 0.323 e. The molecule has 0 aliphatic carbocycles. The van der Waals surface area contributed by atoms with E-state index in [1.165, 1.54) is 6.07 Å². The van der Waals surface area contributed by atoms with E-state index in [1.807, 2.05) is 36.9 Å². The Labute approximate surface area is 196 Å². The monoisotopic (exact) mass is 465 g/mol. The van der Waals surface area contributed by atoms with Gasteiger partial charge in [0.05, 0.1) is 17.4 Å². The van der Waals surface area contributed by atoms with E-state index in [1.54, 1.807) is 23.2 Å². The maximum atomic E-state index is 13.9. The lowest BCUT2D eigenvalue weighted by molar-refractivity contribution is 0.0741. The first-order valence-electron chi connectivity index (χ1n) is 10.9. The van der Waals surface area contributed by atoms with Crippen LogP contribution in [-0.4, -0.2) is 48.0 Å². The van der Waals surface area contributed by atoms with E-state index in [0.717, 1.165) is 22.9 Å². The van der Waals surface area contributed by atoms with Gasteiger partial charge in [0.25, 0.3) is 5.91 Å². The fraction of sp³-hybridized carbons (Fsp3) is 0.240. The van der Waals surface area contributed by atoms with Crippen molar-refractivity contribution < 1.29 is 18.4 Å². The number of anilines is 3. The van der Waals surface area contributed by atoms with Crippen molar-refractivity contribution in [2.45, 2.75) is 13.8 Å². The van der Waals surface area contributed by atoms with Crippen molar-refractivity contribution in [3.63, 3.8) is 0 Å². The number of carbonyl (C=O) groups excluding carboxylic acids is 2. The minimum absolute atomic E-state index is 0.137. The third-order valence-corrected chi connectivity index (χ3v) is 5.70. The molecule has 2 N–H and O–H groups in total. The summed E-state index contributed by atoms with van der Waals surface area (Å²) in [6.45, 7) is 5.69. The molecule has 0 spiro atoms. The van der Waals surface area contributed by atoms with Gasteiger partial charge in [-0.25, -0.2) is 18.6 Å². The standard InChI is InChI=1S/C25H25F2N5O2/c1-16-3-4-17(2)22(13-16)30-25(34)29-19-6-8-23(28-15-19)31-9-11-32(12-10-31)24(33)20-7-5-18(26)14-21(20)27/h3-8,13-15H,9-12H2,1-2H3,(H2,29,30,34). The summed E-state index contributed by atoms with van der Waals surface area (Å²) in [6.07, 6.45) is 1.57. The second-order valence-corrected chi connectivity index (χ2v) is 8.21. The van der Waals surface area contributed by atoms with Crippen molar-refractivity contribution >= 4 is 29.1 Å².